The second kappa shape index (κ2) is 65.9. The Kier molecular flexibility index (Phi) is 53.9. The van der Waals surface area contributed by atoms with Crippen molar-refractivity contribution in [3.63, 3.8) is 0 Å². The highest BCUT2D eigenvalue weighted by Gasteiger charge is 2.39. The molecule has 0 aliphatic heterocycles. The molecular formula is C106H136O39. The first-order valence-electron chi connectivity index (χ1n) is 49.5. The largest absolute Gasteiger partial charge is 0.507 e. The summed E-state index contributed by atoms with van der Waals surface area (Å²) in [6.07, 6.45) is 14.7. The maximum Gasteiger partial charge on any atom is 0.342 e. The van der Waals surface area contributed by atoms with Gasteiger partial charge in [-0.25, -0.2) is 33.6 Å². The van der Waals surface area contributed by atoms with Crippen molar-refractivity contribution in [1.82, 2.24) is 0 Å². The number of aromatic hydroxyl groups is 2. The smallest absolute Gasteiger partial charge is 0.342 e. The fraction of sp³-hybridized carbons (Fsp3) is 0.557. The fourth-order valence-corrected chi connectivity index (χ4v) is 16.4. The third kappa shape index (κ3) is 42.5. The maximum atomic E-state index is 13.7. The SMILES string of the molecule is C=CC(=O)OCCCCOC(=O)C1CCC(C(=O)Cc2ccc(OC(=O)C3CCC(C(=O)Oc4ccc(OC(=O)C5CCC(C(=O)OCCCCOC(=O)C=C)CC5)c(C(=O)OCCOCC)c4)CC3)cc2C(=O)OCCOCC)CC1.C=CC(=O)OCCCCOC(=O)C1CCC(C(=O)O)CC1.CCOCCOC(=O)c1cc(OC(=O)C2CCC(C(=O)Oc3ccc(O)c(C(=O)OCCOCC)c3)CC2)ccc1O. The predicted molar refractivity (Wildman–Crippen MR) is 512 cm³/mol. The number of carbonyl (C=O) groups excluding carboxylic acids is 16. The van der Waals surface area contributed by atoms with Crippen molar-refractivity contribution in [3.05, 3.63) is 139 Å². The summed E-state index contributed by atoms with van der Waals surface area (Å²) >= 11 is 0. The molecule has 145 heavy (non-hydrogen) atoms. The number of esters is 15. The molecule has 0 radical (unpaired) electrons. The third-order valence-electron chi connectivity index (χ3n) is 24.6. The molecule has 4 aromatic carbocycles. The Hall–Kier alpha value is -13.3. The van der Waals surface area contributed by atoms with Crippen LogP contribution in [0.2, 0.25) is 0 Å². The lowest BCUT2D eigenvalue weighted by Crippen LogP contribution is -2.30. The Morgan fingerprint density at radius 2 is 0.510 bits per heavy atom. The van der Waals surface area contributed by atoms with E-state index in [1.807, 2.05) is 13.8 Å². The third-order valence-corrected chi connectivity index (χ3v) is 24.6. The van der Waals surface area contributed by atoms with Gasteiger partial charge in [0.25, 0.3) is 0 Å². The molecule has 3 N–H and O–H groups in total. The van der Waals surface area contributed by atoms with Gasteiger partial charge in [0.05, 0.1) is 125 Å². The van der Waals surface area contributed by atoms with Crippen LogP contribution >= 0.6 is 0 Å². The molecule has 0 spiro atoms. The van der Waals surface area contributed by atoms with E-state index in [1.165, 1.54) is 66.7 Å². The number of carboxylic acid groups (broad SMARTS) is 1. The number of hydrogen-bond donors (Lipinski definition) is 3. The van der Waals surface area contributed by atoms with Gasteiger partial charge >= 0.3 is 95.5 Å². The van der Waals surface area contributed by atoms with E-state index in [1.54, 1.807) is 19.9 Å². The van der Waals surface area contributed by atoms with Crippen molar-refractivity contribution >= 4 is 101 Å². The van der Waals surface area contributed by atoms with Gasteiger partial charge < -0.3 is 105 Å². The van der Waals surface area contributed by atoms with Gasteiger partial charge in [0.1, 0.15) is 89.1 Å². The molecule has 39 heteroatoms. The molecule has 5 saturated carbocycles. The molecule has 0 saturated heterocycles. The van der Waals surface area contributed by atoms with Gasteiger partial charge in [0.2, 0.25) is 0 Å². The van der Waals surface area contributed by atoms with E-state index < -0.39 is 113 Å². The molecule has 4 aromatic rings. The second-order valence-electron chi connectivity index (χ2n) is 34.7. The lowest BCUT2D eigenvalue weighted by atomic mass is 9.78. The fourth-order valence-electron chi connectivity index (χ4n) is 16.4. The van der Waals surface area contributed by atoms with Crippen LogP contribution in [0.1, 0.15) is 242 Å². The van der Waals surface area contributed by atoms with Gasteiger partial charge in [-0.3, -0.25) is 47.9 Å². The van der Waals surface area contributed by atoms with Crippen molar-refractivity contribution < 1.29 is 187 Å². The average Bonchev–Trinajstić information content (AvgIpc) is 1.15. The summed E-state index contributed by atoms with van der Waals surface area (Å²) in [5.74, 6) is -14.1. The first kappa shape index (κ1) is 119. The highest BCUT2D eigenvalue weighted by molar-refractivity contribution is 5.97. The number of ether oxygens (including phenoxy) is 19. The van der Waals surface area contributed by atoms with Crippen LogP contribution in [0.15, 0.2) is 111 Å². The average molecular weight is 2030 g/mol. The summed E-state index contributed by atoms with van der Waals surface area (Å²) in [4.78, 5) is 212. The lowest BCUT2D eigenvalue weighted by molar-refractivity contribution is -0.153. The molecular weight excluding hydrogens is 1900 g/mol. The highest BCUT2D eigenvalue weighted by Crippen LogP contribution is 2.40. The van der Waals surface area contributed by atoms with Crippen LogP contribution in [-0.4, -0.2) is 236 Å². The van der Waals surface area contributed by atoms with Crippen LogP contribution in [0.3, 0.4) is 0 Å². The van der Waals surface area contributed by atoms with E-state index in [4.69, 9.17) is 95.1 Å². The maximum absolute atomic E-state index is 13.7. The number of phenols is 2. The number of hydrogen-bond acceptors (Lipinski definition) is 38. The van der Waals surface area contributed by atoms with Crippen molar-refractivity contribution in [3.8, 4) is 40.2 Å². The summed E-state index contributed by atoms with van der Waals surface area (Å²) in [7, 11) is 0. The van der Waals surface area contributed by atoms with E-state index in [9.17, 15) is 91.7 Å². The van der Waals surface area contributed by atoms with Crippen LogP contribution in [-0.2, 0) is 135 Å². The molecule has 0 heterocycles. The van der Waals surface area contributed by atoms with Gasteiger partial charge in [-0.1, -0.05) is 25.8 Å². The van der Waals surface area contributed by atoms with Gasteiger partial charge in [0, 0.05) is 57.0 Å². The molecule has 39 nitrogen and oxygen atoms in total. The Morgan fingerprint density at radius 1 is 0.269 bits per heavy atom. The zero-order chi connectivity index (χ0) is 105. The van der Waals surface area contributed by atoms with Crippen LogP contribution in [0, 0.1) is 59.2 Å². The van der Waals surface area contributed by atoms with E-state index in [0.717, 1.165) is 18.2 Å². The van der Waals surface area contributed by atoms with Crippen LogP contribution in [0.25, 0.3) is 0 Å². The first-order valence-corrected chi connectivity index (χ1v) is 49.5. The Morgan fingerprint density at radius 3 is 0.807 bits per heavy atom. The number of phenolic OH excluding ortho intramolecular Hbond substituents is 2. The minimum Gasteiger partial charge on any atom is -0.507 e. The van der Waals surface area contributed by atoms with E-state index in [2.05, 4.69) is 19.7 Å². The number of ketones is 1. The minimum atomic E-state index is -0.842. The first-order chi connectivity index (χ1) is 69.9. The topological polar surface area (TPSA) is 526 Å². The molecule has 5 fully saturated rings. The quantitative estimate of drug-likeness (QED) is 0.0121. The van der Waals surface area contributed by atoms with E-state index in [0.29, 0.717) is 180 Å². The van der Waals surface area contributed by atoms with Crippen LogP contribution < -0.4 is 23.7 Å². The molecule has 0 atom stereocenters. The van der Waals surface area contributed by atoms with Crippen LogP contribution in [0.5, 0.6) is 40.2 Å². The number of carboxylic acids is 1. The lowest BCUT2D eigenvalue weighted by Gasteiger charge is -2.27. The van der Waals surface area contributed by atoms with Crippen molar-refractivity contribution in [2.45, 2.75) is 201 Å². The molecule has 5 aliphatic carbocycles. The summed E-state index contributed by atoms with van der Waals surface area (Å²) in [6, 6.07) is 16.1. The van der Waals surface area contributed by atoms with E-state index >= 15 is 0 Å². The number of aliphatic carboxylic acids is 1. The summed E-state index contributed by atoms with van der Waals surface area (Å²) < 4.78 is 101. The van der Waals surface area contributed by atoms with Crippen LogP contribution in [0.4, 0.5) is 0 Å². The van der Waals surface area contributed by atoms with Gasteiger partial charge in [-0.15, -0.1) is 0 Å². The van der Waals surface area contributed by atoms with E-state index in [-0.39, 0.29) is 228 Å². The Labute approximate surface area is 842 Å². The molecule has 9 rings (SSSR count). The van der Waals surface area contributed by atoms with Crippen molar-refractivity contribution in [2.24, 2.45) is 59.2 Å². The number of Topliss-reactive ketones (excluding diaryl/α,β-unsaturated/α-hetero) is 1. The standard InChI is InChI=1S/C61H78O21.C30H36O12.C15H22O6/c1-5-53(63)74-29-9-11-31-76-55(65)41-15-13-40(14-16-41)51(62)37-46-25-26-47(38-49(46)60(70)78-35-33-72-7-3)80-57(67)43-21-23-44(24-22-43)58(68)81-48-27-28-52(50(39-48)61(71)79-36-34-73-8-4)82-59(69)45-19-17-42(18-20-45)56(66)77-32-12-10-30-75-54(64)6-2;1-3-37-13-15-39-29(35)23-17-21(9-11-25(23)31)41-27(33)19-5-7-20(8-6-19)28(34)42-22-10-12-26(32)24(18-22)30(36)40-16-14-38-4-2;1-2-13(16)20-9-3-4-10-21-15(19)12-7-5-11(6-8-12)14(17)18/h5-6,25-28,38-45H,1-2,7-24,29-37H2,3-4H3;9-12,17-20,31-32H,3-8,13-16H2,1-2H3;2,11-12H,1,3-10H2,(H,17,18). The van der Waals surface area contributed by atoms with Crippen molar-refractivity contribution in [2.75, 3.05) is 119 Å². The molecule has 0 bridgehead atoms. The number of benzene rings is 4. The molecule has 0 unspecified atom stereocenters. The van der Waals surface area contributed by atoms with Crippen molar-refractivity contribution in [1.29, 1.82) is 0 Å². The molecule has 0 amide bonds. The predicted octanol–water partition coefficient (Wildman–Crippen LogP) is 13.9. The monoisotopic (exact) mass is 2030 g/mol. The number of unbranched alkanes of at least 4 members (excludes halogenated alkanes) is 3. The van der Waals surface area contributed by atoms with Gasteiger partial charge in [0.15, 0.2) is 0 Å². The number of rotatable bonds is 55. The zero-order valence-corrected chi connectivity index (χ0v) is 82.9. The van der Waals surface area contributed by atoms with Gasteiger partial charge in [-0.05, 0) is 267 Å². The summed E-state index contributed by atoms with van der Waals surface area (Å²) in [5, 5.41) is 28.9. The zero-order valence-electron chi connectivity index (χ0n) is 82.9. The highest BCUT2D eigenvalue weighted by atomic mass is 16.6. The molecule has 794 valence electrons. The normalized spacial score (nSPS) is 18.8. The minimum absolute atomic E-state index is 0.00203. The summed E-state index contributed by atoms with van der Waals surface area (Å²) in [5.41, 5.74) is 0.00870. The molecule has 0 aromatic heterocycles. The summed E-state index contributed by atoms with van der Waals surface area (Å²) in [6.45, 7) is 20.9. The van der Waals surface area contributed by atoms with Gasteiger partial charge in [-0.2, -0.15) is 0 Å². The number of carbonyl (C=O) groups is 17. The second-order valence-corrected chi connectivity index (χ2v) is 34.7. The Bertz CT molecular complexity index is 4680. The molecule has 5 aliphatic rings. The Balaban J connectivity index is 0.000000370.